The fourth-order valence-electron chi connectivity index (χ4n) is 3.10. The number of anilines is 1. The van der Waals surface area contributed by atoms with Gasteiger partial charge in [-0.25, -0.2) is 4.79 Å². The Morgan fingerprint density at radius 2 is 1.82 bits per heavy atom. The number of unbranched alkanes of at least 4 members (excludes halogenated alkanes) is 3. The number of benzene rings is 2. The lowest BCUT2D eigenvalue weighted by atomic mass is 10.1. The number of carbonyl (C=O) groups excluding carboxylic acids is 2. The summed E-state index contributed by atoms with van der Waals surface area (Å²) in [6.45, 7) is 4.92. The molecular weight excluding hydrogens is 456 g/mol. The van der Waals surface area contributed by atoms with Gasteiger partial charge < -0.3 is 19.5 Å². The molecular formula is C26H29ClN2O5. The van der Waals surface area contributed by atoms with E-state index in [2.05, 4.69) is 17.0 Å². The second-order valence-corrected chi connectivity index (χ2v) is 7.77. The summed E-state index contributed by atoms with van der Waals surface area (Å²) in [6.07, 6.45) is 5.70. The van der Waals surface area contributed by atoms with Crippen LogP contribution in [0, 0.1) is 11.3 Å². The first kappa shape index (κ1) is 26.7. The second-order valence-electron chi connectivity index (χ2n) is 7.36. The molecule has 0 saturated heterocycles. The first-order chi connectivity index (χ1) is 16.4. The highest BCUT2D eigenvalue weighted by Gasteiger charge is 2.15. The third-order valence-electron chi connectivity index (χ3n) is 4.82. The fraction of sp³-hybridized carbons (Fsp3) is 0.346. The van der Waals surface area contributed by atoms with E-state index in [4.69, 9.17) is 21.1 Å². The van der Waals surface area contributed by atoms with Crippen molar-refractivity contribution in [2.75, 3.05) is 25.6 Å². The maximum atomic E-state index is 12.6. The molecule has 0 bridgehead atoms. The Kier molecular flexibility index (Phi) is 10.9. The number of hydrogen-bond acceptors (Lipinski definition) is 6. The van der Waals surface area contributed by atoms with E-state index < -0.39 is 11.9 Å². The van der Waals surface area contributed by atoms with Crippen molar-refractivity contribution in [1.82, 2.24) is 0 Å². The quantitative estimate of drug-likeness (QED) is 0.171. The van der Waals surface area contributed by atoms with Crippen molar-refractivity contribution in [2.45, 2.75) is 39.5 Å². The molecule has 0 heterocycles. The maximum Gasteiger partial charge on any atom is 0.337 e. The van der Waals surface area contributed by atoms with E-state index in [1.807, 2.05) is 13.0 Å². The predicted octanol–water partition coefficient (Wildman–Crippen LogP) is 6.03. The first-order valence-corrected chi connectivity index (χ1v) is 11.5. The van der Waals surface area contributed by atoms with Crippen molar-refractivity contribution in [3.05, 3.63) is 58.1 Å². The third-order valence-corrected chi connectivity index (χ3v) is 5.10. The van der Waals surface area contributed by atoms with Crippen molar-refractivity contribution in [3.8, 4) is 17.6 Å². The van der Waals surface area contributed by atoms with Crippen LogP contribution in [0.3, 0.4) is 0 Å². The Morgan fingerprint density at radius 1 is 1.09 bits per heavy atom. The smallest absolute Gasteiger partial charge is 0.337 e. The lowest BCUT2D eigenvalue weighted by molar-refractivity contribution is -0.112. The number of rotatable bonds is 12. The molecule has 34 heavy (non-hydrogen) atoms. The molecule has 180 valence electrons. The SMILES string of the molecule is CCCCCCOc1c(Cl)cc(/C=C(/C#N)C(=O)Nc2ccc(C(=O)OC)cc2)cc1OCC. The zero-order chi connectivity index (χ0) is 24.9. The molecule has 0 aromatic heterocycles. The molecule has 0 aliphatic carbocycles. The molecule has 2 rings (SSSR count). The Hall–Kier alpha value is -3.50. The van der Waals surface area contributed by atoms with Crippen LogP contribution in [-0.2, 0) is 9.53 Å². The summed E-state index contributed by atoms with van der Waals surface area (Å²) in [5, 5.41) is 12.5. The van der Waals surface area contributed by atoms with Gasteiger partial charge >= 0.3 is 5.97 Å². The maximum absolute atomic E-state index is 12.6. The Labute approximate surface area is 205 Å². The summed E-state index contributed by atoms with van der Waals surface area (Å²) >= 11 is 6.44. The van der Waals surface area contributed by atoms with Crippen molar-refractivity contribution < 1.29 is 23.8 Å². The second kappa shape index (κ2) is 13.9. The van der Waals surface area contributed by atoms with Crippen LogP contribution in [0.4, 0.5) is 5.69 Å². The minimum Gasteiger partial charge on any atom is -0.490 e. The molecule has 8 heteroatoms. The number of halogens is 1. The molecule has 0 atom stereocenters. The number of hydrogen-bond donors (Lipinski definition) is 1. The van der Waals surface area contributed by atoms with E-state index >= 15 is 0 Å². The lowest BCUT2D eigenvalue weighted by Gasteiger charge is -2.14. The molecule has 0 radical (unpaired) electrons. The molecule has 2 aromatic carbocycles. The van der Waals surface area contributed by atoms with Crippen LogP contribution in [0.5, 0.6) is 11.5 Å². The summed E-state index contributed by atoms with van der Waals surface area (Å²) in [5.41, 5.74) is 1.18. The van der Waals surface area contributed by atoms with E-state index in [9.17, 15) is 14.9 Å². The van der Waals surface area contributed by atoms with E-state index in [1.54, 1.807) is 24.3 Å². The number of nitriles is 1. The zero-order valence-corrected chi connectivity index (χ0v) is 20.4. The van der Waals surface area contributed by atoms with Crippen LogP contribution >= 0.6 is 11.6 Å². The van der Waals surface area contributed by atoms with Gasteiger partial charge in [0.15, 0.2) is 11.5 Å². The monoisotopic (exact) mass is 484 g/mol. The third kappa shape index (κ3) is 7.82. The van der Waals surface area contributed by atoms with Gasteiger partial charge in [0, 0.05) is 5.69 Å². The van der Waals surface area contributed by atoms with Gasteiger partial charge in [-0.15, -0.1) is 0 Å². The molecule has 1 N–H and O–H groups in total. The largest absolute Gasteiger partial charge is 0.490 e. The number of amides is 1. The number of carbonyl (C=O) groups is 2. The number of ether oxygens (including phenoxy) is 3. The summed E-state index contributed by atoms with van der Waals surface area (Å²) in [6, 6.07) is 11.4. The molecule has 0 aliphatic heterocycles. The summed E-state index contributed by atoms with van der Waals surface area (Å²) in [7, 11) is 1.29. The molecule has 1 amide bonds. The van der Waals surface area contributed by atoms with Gasteiger partial charge in [-0.3, -0.25) is 4.79 Å². The molecule has 0 saturated carbocycles. The van der Waals surface area contributed by atoms with Gasteiger partial charge in [-0.2, -0.15) is 5.26 Å². The minimum atomic E-state index is -0.598. The van der Waals surface area contributed by atoms with Crippen LogP contribution in [0.2, 0.25) is 5.02 Å². The van der Waals surface area contributed by atoms with Gasteiger partial charge in [0.05, 0.1) is 30.9 Å². The van der Waals surface area contributed by atoms with Crippen molar-refractivity contribution in [3.63, 3.8) is 0 Å². The molecule has 0 spiro atoms. The average Bonchev–Trinajstić information content (AvgIpc) is 2.83. The Balaban J connectivity index is 2.19. The number of methoxy groups -OCH3 is 1. The van der Waals surface area contributed by atoms with Crippen LogP contribution in [0.15, 0.2) is 42.0 Å². The van der Waals surface area contributed by atoms with Crippen LogP contribution < -0.4 is 14.8 Å². The van der Waals surface area contributed by atoms with E-state index in [1.165, 1.54) is 25.3 Å². The first-order valence-electron chi connectivity index (χ1n) is 11.1. The number of nitrogens with zero attached hydrogens (tertiary/aromatic N) is 1. The highest BCUT2D eigenvalue weighted by Crippen LogP contribution is 2.37. The molecule has 7 nitrogen and oxygen atoms in total. The van der Waals surface area contributed by atoms with E-state index in [0.717, 1.165) is 25.7 Å². The molecule has 0 unspecified atom stereocenters. The van der Waals surface area contributed by atoms with Crippen molar-refractivity contribution >= 4 is 35.2 Å². The number of esters is 1. The van der Waals surface area contributed by atoms with Gasteiger partial charge in [0.25, 0.3) is 5.91 Å². The molecule has 0 fully saturated rings. The standard InChI is InChI=1S/C26H29ClN2O5/c1-4-6-7-8-13-34-24-22(27)15-18(16-23(24)33-5-2)14-20(17-28)25(30)29-21-11-9-19(10-12-21)26(31)32-3/h9-12,14-16H,4-8,13H2,1-3H3,(H,29,30)/b20-14-. The topological polar surface area (TPSA) is 97.7 Å². The summed E-state index contributed by atoms with van der Waals surface area (Å²) in [5.74, 6) is -0.178. The van der Waals surface area contributed by atoms with Gasteiger partial charge in [0.2, 0.25) is 0 Å². The lowest BCUT2D eigenvalue weighted by Crippen LogP contribution is -2.13. The zero-order valence-electron chi connectivity index (χ0n) is 19.7. The van der Waals surface area contributed by atoms with Crippen LogP contribution in [-0.4, -0.2) is 32.2 Å². The fourth-order valence-corrected chi connectivity index (χ4v) is 3.37. The van der Waals surface area contributed by atoms with Crippen LogP contribution in [0.25, 0.3) is 6.08 Å². The summed E-state index contributed by atoms with van der Waals surface area (Å²) < 4.78 is 16.2. The highest BCUT2D eigenvalue weighted by atomic mass is 35.5. The van der Waals surface area contributed by atoms with E-state index in [-0.39, 0.29) is 5.57 Å². The summed E-state index contributed by atoms with van der Waals surface area (Å²) in [4.78, 5) is 24.2. The van der Waals surface area contributed by atoms with Gasteiger partial charge in [0.1, 0.15) is 11.6 Å². The minimum absolute atomic E-state index is 0.121. The average molecular weight is 485 g/mol. The van der Waals surface area contributed by atoms with E-state index in [0.29, 0.717) is 46.5 Å². The van der Waals surface area contributed by atoms with Crippen molar-refractivity contribution in [1.29, 1.82) is 5.26 Å². The van der Waals surface area contributed by atoms with Crippen LogP contribution in [0.1, 0.15) is 55.5 Å². The predicted molar refractivity (Wildman–Crippen MR) is 132 cm³/mol. The Bertz CT molecular complexity index is 1060. The highest BCUT2D eigenvalue weighted by molar-refractivity contribution is 6.32. The van der Waals surface area contributed by atoms with Gasteiger partial charge in [-0.05, 0) is 61.4 Å². The normalized spacial score (nSPS) is 10.9. The molecule has 0 aliphatic rings. The number of nitrogens with one attached hydrogen (secondary N) is 1. The van der Waals surface area contributed by atoms with Crippen molar-refractivity contribution in [2.24, 2.45) is 0 Å². The molecule has 2 aromatic rings. The van der Waals surface area contributed by atoms with Gasteiger partial charge in [-0.1, -0.05) is 37.8 Å². The Morgan fingerprint density at radius 3 is 2.44 bits per heavy atom.